The van der Waals surface area contributed by atoms with Crippen LogP contribution in [0.3, 0.4) is 0 Å². The Kier molecular flexibility index (Phi) is 3.62. The lowest BCUT2D eigenvalue weighted by molar-refractivity contribution is 0.0951. The number of rotatable bonds is 3. The first-order valence-electron chi connectivity index (χ1n) is 8.24. The van der Waals surface area contributed by atoms with Crippen molar-refractivity contribution in [2.24, 2.45) is 0 Å². The van der Waals surface area contributed by atoms with Gasteiger partial charge in [-0.05, 0) is 60.2 Å². The molecule has 1 aliphatic carbocycles. The molecule has 116 valence electrons. The summed E-state index contributed by atoms with van der Waals surface area (Å²) in [6, 6.07) is 16.7. The van der Waals surface area contributed by atoms with Gasteiger partial charge in [0.05, 0.1) is 0 Å². The summed E-state index contributed by atoms with van der Waals surface area (Å²) < 4.78 is 0. The number of carbonyl (C=O) groups is 1. The van der Waals surface area contributed by atoms with Crippen molar-refractivity contribution in [3.05, 3.63) is 65.2 Å². The maximum Gasteiger partial charge on any atom is 0.251 e. The molecule has 1 heterocycles. The van der Waals surface area contributed by atoms with E-state index in [1.807, 2.05) is 12.1 Å². The van der Waals surface area contributed by atoms with Crippen LogP contribution in [0, 0.1) is 0 Å². The van der Waals surface area contributed by atoms with Gasteiger partial charge in [-0.2, -0.15) is 0 Å². The Hall–Kier alpha value is -2.55. The third kappa shape index (κ3) is 3.14. The summed E-state index contributed by atoms with van der Waals surface area (Å²) in [5.74, 6) is 0.0425. The molecule has 3 nitrogen and oxygen atoms in total. The number of benzene rings is 2. The van der Waals surface area contributed by atoms with Gasteiger partial charge in [0.1, 0.15) is 0 Å². The van der Waals surface area contributed by atoms with E-state index in [9.17, 15) is 4.79 Å². The monoisotopic (exact) mass is 304 g/mol. The van der Waals surface area contributed by atoms with E-state index in [4.69, 9.17) is 0 Å². The second-order valence-corrected chi connectivity index (χ2v) is 6.26. The fourth-order valence-corrected chi connectivity index (χ4v) is 2.94. The Morgan fingerprint density at radius 1 is 1.04 bits per heavy atom. The molecule has 1 saturated carbocycles. The van der Waals surface area contributed by atoms with Gasteiger partial charge in [-0.15, -0.1) is 0 Å². The highest BCUT2D eigenvalue weighted by Gasteiger charge is 2.23. The van der Waals surface area contributed by atoms with Crippen molar-refractivity contribution in [3.63, 3.8) is 0 Å². The number of para-hydroxylation sites is 1. The van der Waals surface area contributed by atoms with Crippen molar-refractivity contribution >= 4 is 23.2 Å². The Labute approximate surface area is 136 Å². The Morgan fingerprint density at radius 3 is 2.61 bits per heavy atom. The normalized spacial score (nSPS) is 16.6. The first kappa shape index (κ1) is 14.1. The number of carbonyl (C=O) groups excluding carboxylic acids is 1. The zero-order valence-corrected chi connectivity index (χ0v) is 13.0. The number of amides is 1. The standard InChI is InChI=1S/C20H20N2O/c23-20(22-18-9-10-18)15-7-5-14(6-8-15)16-11-12-21-19-4-2-1-3-17(19)13-16/h1-8,13,18,21H,9-12H2,(H,22,23). The third-order valence-electron chi connectivity index (χ3n) is 4.43. The van der Waals surface area contributed by atoms with Crippen LogP contribution in [0.4, 0.5) is 5.69 Å². The molecule has 0 aromatic heterocycles. The van der Waals surface area contributed by atoms with Gasteiger partial charge >= 0.3 is 0 Å². The molecule has 0 spiro atoms. The van der Waals surface area contributed by atoms with E-state index in [0.29, 0.717) is 6.04 Å². The van der Waals surface area contributed by atoms with Crippen molar-refractivity contribution in [2.45, 2.75) is 25.3 Å². The van der Waals surface area contributed by atoms with E-state index in [2.05, 4.69) is 53.1 Å². The van der Waals surface area contributed by atoms with Crippen LogP contribution in [-0.4, -0.2) is 18.5 Å². The molecule has 0 saturated heterocycles. The van der Waals surface area contributed by atoms with Crippen molar-refractivity contribution in [1.29, 1.82) is 0 Å². The van der Waals surface area contributed by atoms with Gasteiger partial charge in [0.25, 0.3) is 5.91 Å². The maximum atomic E-state index is 12.1. The molecular formula is C20H20N2O. The van der Waals surface area contributed by atoms with Crippen molar-refractivity contribution in [3.8, 4) is 0 Å². The van der Waals surface area contributed by atoms with E-state index in [1.165, 1.54) is 22.4 Å². The van der Waals surface area contributed by atoms with Crippen LogP contribution in [0.25, 0.3) is 11.6 Å². The van der Waals surface area contributed by atoms with E-state index in [0.717, 1.165) is 31.4 Å². The molecule has 0 unspecified atom stereocenters. The summed E-state index contributed by atoms with van der Waals surface area (Å²) in [7, 11) is 0. The lowest BCUT2D eigenvalue weighted by Crippen LogP contribution is -2.25. The first-order chi connectivity index (χ1) is 11.3. The van der Waals surface area contributed by atoms with Gasteiger partial charge in [-0.1, -0.05) is 30.3 Å². The van der Waals surface area contributed by atoms with Crippen LogP contribution in [0.5, 0.6) is 0 Å². The smallest absolute Gasteiger partial charge is 0.251 e. The molecule has 3 heteroatoms. The summed E-state index contributed by atoms with van der Waals surface area (Å²) in [6.07, 6.45) is 5.45. The predicted octanol–water partition coefficient (Wildman–Crippen LogP) is 3.94. The number of fused-ring (bicyclic) bond motifs is 1. The Bertz CT molecular complexity index is 757. The van der Waals surface area contributed by atoms with Gasteiger partial charge in [-0.3, -0.25) is 4.79 Å². The molecule has 2 N–H and O–H groups in total. The van der Waals surface area contributed by atoms with Gasteiger partial charge in [0.15, 0.2) is 0 Å². The number of hydrogen-bond acceptors (Lipinski definition) is 2. The molecule has 4 rings (SSSR count). The van der Waals surface area contributed by atoms with Gasteiger partial charge in [0.2, 0.25) is 0 Å². The highest BCUT2D eigenvalue weighted by molar-refractivity contribution is 5.95. The van der Waals surface area contributed by atoms with Crippen molar-refractivity contribution in [2.75, 3.05) is 11.9 Å². The average molecular weight is 304 g/mol. The van der Waals surface area contributed by atoms with Crippen LogP contribution in [0.2, 0.25) is 0 Å². The molecule has 2 aromatic carbocycles. The molecular weight excluding hydrogens is 284 g/mol. The van der Waals surface area contributed by atoms with E-state index in [1.54, 1.807) is 0 Å². The predicted molar refractivity (Wildman–Crippen MR) is 94.3 cm³/mol. The molecule has 1 amide bonds. The summed E-state index contributed by atoms with van der Waals surface area (Å²) >= 11 is 0. The minimum absolute atomic E-state index is 0.0425. The second-order valence-electron chi connectivity index (χ2n) is 6.26. The van der Waals surface area contributed by atoms with Gasteiger partial charge < -0.3 is 10.6 Å². The average Bonchev–Trinajstić information content (AvgIpc) is 3.40. The second kappa shape index (κ2) is 5.92. The molecule has 0 bridgehead atoms. The quantitative estimate of drug-likeness (QED) is 0.902. The van der Waals surface area contributed by atoms with Gasteiger partial charge in [0, 0.05) is 23.8 Å². The molecule has 1 fully saturated rings. The maximum absolute atomic E-state index is 12.1. The molecule has 2 aliphatic rings. The fraction of sp³-hybridized carbons (Fsp3) is 0.250. The number of anilines is 1. The topological polar surface area (TPSA) is 41.1 Å². The van der Waals surface area contributed by atoms with Crippen LogP contribution in [-0.2, 0) is 0 Å². The zero-order chi connectivity index (χ0) is 15.6. The summed E-state index contributed by atoms with van der Waals surface area (Å²) in [6.45, 7) is 0.923. The zero-order valence-electron chi connectivity index (χ0n) is 13.0. The highest BCUT2D eigenvalue weighted by atomic mass is 16.1. The van der Waals surface area contributed by atoms with E-state index >= 15 is 0 Å². The van der Waals surface area contributed by atoms with Gasteiger partial charge in [-0.25, -0.2) is 0 Å². The van der Waals surface area contributed by atoms with Crippen LogP contribution in [0.15, 0.2) is 48.5 Å². The highest BCUT2D eigenvalue weighted by Crippen LogP contribution is 2.29. The Morgan fingerprint density at radius 2 is 1.83 bits per heavy atom. The lowest BCUT2D eigenvalue weighted by Gasteiger charge is -2.08. The summed E-state index contributed by atoms with van der Waals surface area (Å²) in [5, 5.41) is 6.50. The molecule has 1 aliphatic heterocycles. The van der Waals surface area contributed by atoms with Crippen LogP contribution in [0.1, 0.15) is 40.7 Å². The van der Waals surface area contributed by atoms with Crippen molar-refractivity contribution in [1.82, 2.24) is 5.32 Å². The molecule has 23 heavy (non-hydrogen) atoms. The number of hydrogen-bond donors (Lipinski definition) is 2. The third-order valence-corrected chi connectivity index (χ3v) is 4.43. The SMILES string of the molecule is O=C(NC1CC1)c1ccc(C2=Cc3ccccc3NCC2)cc1. The molecule has 2 aromatic rings. The minimum atomic E-state index is 0.0425. The minimum Gasteiger partial charge on any atom is -0.384 e. The van der Waals surface area contributed by atoms with E-state index < -0.39 is 0 Å². The van der Waals surface area contributed by atoms with Crippen LogP contribution >= 0.6 is 0 Å². The molecule has 0 atom stereocenters. The van der Waals surface area contributed by atoms with Crippen molar-refractivity contribution < 1.29 is 4.79 Å². The van der Waals surface area contributed by atoms with E-state index in [-0.39, 0.29) is 5.91 Å². The number of nitrogens with one attached hydrogen (secondary N) is 2. The fourth-order valence-electron chi connectivity index (χ4n) is 2.94. The first-order valence-corrected chi connectivity index (χ1v) is 8.24. The lowest BCUT2D eigenvalue weighted by atomic mass is 9.99. The largest absolute Gasteiger partial charge is 0.384 e. The summed E-state index contributed by atoms with van der Waals surface area (Å²) in [4.78, 5) is 12.1. The molecule has 0 radical (unpaired) electrons. The summed E-state index contributed by atoms with van der Waals surface area (Å²) in [5.41, 5.74) is 5.63. The van der Waals surface area contributed by atoms with Crippen LogP contribution < -0.4 is 10.6 Å². The Balaban J connectivity index is 1.57.